The number of nitrogens with one attached hydrogen (secondary N) is 2. The summed E-state index contributed by atoms with van der Waals surface area (Å²) in [7, 11) is 1.50. The van der Waals surface area contributed by atoms with Crippen molar-refractivity contribution in [1.82, 2.24) is 9.97 Å². The van der Waals surface area contributed by atoms with E-state index in [0.29, 0.717) is 6.54 Å². The minimum Gasteiger partial charge on any atom is -0.373 e. The van der Waals surface area contributed by atoms with Gasteiger partial charge >= 0.3 is 6.18 Å². The molecule has 0 radical (unpaired) electrons. The summed E-state index contributed by atoms with van der Waals surface area (Å²) in [6, 6.07) is 8.87. The lowest BCUT2D eigenvalue weighted by Crippen LogP contribution is -2.14. The molecule has 0 amide bonds. The van der Waals surface area contributed by atoms with Gasteiger partial charge in [0, 0.05) is 24.1 Å². The summed E-state index contributed by atoms with van der Waals surface area (Å²) in [4.78, 5) is 6.89. The van der Waals surface area contributed by atoms with E-state index in [1.54, 1.807) is 0 Å². The van der Waals surface area contributed by atoms with Gasteiger partial charge in [-0.2, -0.15) is 13.2 Å². The highest BCUT2D eigenvalue weighted by atomic mass is 79.9. The molecule has 0 saturated heterocycles. The Morgan fingerprint density at radius 2 is 1.71 bits per heavy atom. The molecule has 1 aromatic heterocycles. The van der Waals surface area contributed by atoms with Gasteiger partial charge in [-0.3, -0.25) is 0 Å². The first-order valence-electron chi connectivity index (χ1n) is 6.01. The zero-order valence-corrected chi connectivity index (χ0v) is 12.6. The van der Waals surface area contributed by atoms with Crippen LogP contribution < -0.4 is 10.6 Å². The maximum Gasteiger partial charge on any atom is 0.451 e. The van der Waals surface area contributed by atoms with Crippen molar-refractivity contribution in [1.29, 1.82) is 0 Å². The smallest absolute Gasteiger partial charge is 0.373 e. The Kier molecular flexibility index (Phi) is 4.66. The zero-order valence-electron chi connectivity index (χ0n) is 11.0. The molecule has 4 nitrogen and oxygen atoms in total. The minimum absolute atomic E-state index is 0.107. The van der Waals surface area contributed by atoms with Crippen molar-refractivity contribution >= 4 is 27.6 Å². The first kappa shape index (κ1) is 15.6. The van der Waals surface area contributed by atoms with Crippen LogP contribution in [0.5, 0.6) is 0 Å². The van der Waals surface area contributed by atoms with Crippen LogP contribution in [0.15, 0.2) is 34.8 Å². The molecular weight excluding hydrogens is 349 g/mol. The molecule has 0 bridgehead atoms. The van der Waals surface area contributed by atoms with E-state index < -0.39 is 12.0 Å². The Balaban J connectivity index is 2.17. The van der Waals surface area contributed by atoms with Crippen LogP contribution in [0.1, 0.15) is 11.4 Å². The highest BCUT2D eigenvalue weighted by molar-refractivity contribution is 9.10. The van der Waals surface area contributed by atoms with Crippen LogP contribution >= 0.6 is 15.9 Å². The molecular formula is C13H12BrF3N4. The quantitative estimate of drug-likeness (QED) is 0.867. The van der Waals surface area contributed by atoms with Gasteiger partial charge in [-0.25, -0.2) is 9.97 Å². The van der Waals surface area contributed by atoms with Gasteiger partial charge in [0.15, 0.2) is 0 Å². The molecule has 0 fully saturated rings. The second kappa shape index (κ2) is 6.30. The molecule has 0 saturated carbocycles. The Morgan fingerprint density at radius 1 is 1.10 bits per heavy atom. The summed E-state index contributed by atoms with van der Waals surface area (Å²) in [6.07, 6.45) is -4.58. The number of benzene rings is 1. The number of nitrogens with zero attached hydrogens (tertiary/aromatic N) is 2. The highest BCUT2D eigenvalue weighted by Crippen LogP contribution is 2.28. The Morgan fingerprint density at radius 3 is 2.29 bits per heavy atom. The summed E-state index contributed by atoms with van der Waals surface area (Å²) in [5.41, 5.74) is 0.927. The third kappa shape index (κ3) is 4.32. The monoisotopic (exact) mass is 360 g/mol. The van der Waals surface area contributed by atoms with E-state index in [-0.39, 0.29) is 11.6 Å². The van der Waals surface area contributed by atoms with Crippen molar-refractivity contribution in [3.05, 3.63) is 46.2 Å². The predicted octanol–water partition coefficient (Wildman–Crippen LogP) is 3.91. The fourth-order valence-electron chi connectivity index (χ4n) is 1.59. The third-order valence-electron chi connectivity index (χ3n) is 2.62. The van der Waals surface area contributed by atoms with E-state index in [2.05, 4.69) is 36.5 Å². The van der Waals surface area contributed by atoms with Crippen molar-refractivity contribution in [3.63, 3.8) is 0 Å². The molecule has 1 heterocycles. The van der Waals surface area contributed by atoms with Gasteiger partial charge in [0.25, 0.3) is 0 Å². The van der Waals surface area contributed by atoms with E-state index in [9.17, 15) is 13.2 Å². The van der Waals surface area contributed by atoms with Gasteiger partial charge in [0.2, 0.25) is 5.82 Å². The lowest BCUT2D eigenvalue weighted by molar-refractivity contribution is -0.144. The topological polar surface area (TPSA) is 49.8 Å². The molecule has 21 heavy (non-hydrogen) atoms. The molecule has 0 aliphatic heterocycles. The van der Waals surface area contributed by atoms with E-state index in [1.165, 1.54) is 13.1 Å². The van der Waals surface area contributed by atoms with Gasteiger partial charge in [0.05, 0.1) is 0 Å². The molecule has 0 aliphatic carbocycles. The standard InChI is InChI=1S/C13H12BrF3N4/c1-18-10-6-11(21-12(20-10)13(15,16)17)19-7-8-2-4-9(14)5-3-8/h2-6H,7H2,1H3,(H2,18,19,20,21). The molecule has 8 heteroatoms. The summed E-state index contributed by atoms with van der Waals surface area (Å²) in [5.74, 6) is -0.951. The first-order valence-corrected chi connectivity index (χ1v) is 6.80. The van der Waals surface area contributed by atoms with Crippen molar-refractivity contribution in [2.75, 3.05) is 17.7 Å². The van der Waals surface area contributed by atoms with Crippen molar-refractivity contribution in [2.45, 2.75) is 12.7 Å². The summed E-state index contributed by atoms with van der Waals surface area (Å²) in [6.45, 7) is 0.366. The average Bonchev–Trinajstić information content (AvgIpc) is 2.45. The molecule has 1 aromatic carbocycles. The van der Waals surface area contributed by atoms with Crippen molar-refractivity contribution in [2.24, 2.45) is 0 Å². The van der Waals surface area contributed by atoms with Crippen LogP contribution in [-0.4, -0.2) is 17.0 Å². The average molecular weight is 361 g/mol. The van der Waals surface area contributed by atoms with E-state index in [0.717, 1.165) is 10.0 Å². The second-order valence-corrected chi connectivity index (χ2v) is 5.11. The molecule has 0 aliphatic rings. The van der Waals surface area contributed by atoms with Crippen molar-refractivity contribution < 1.29 is 13.2 Å². The minimum atomic E-state index is -4.58. The fraction of sp³-hybridized carbons (Fsp3) is 0.231. The lowest BCUT2D eigenvalue weighted by atomic mass is 10.2. The molecule has 2 rings (SSSR count). The maximum absolute atomic E-state index is 12.7. The van der Waals surface area contributed by atoms with Crippen LogP contribution in [-0.2, 0) is 12.7 Å². The number of anilines is 2. The Bertz CT molecular complexity index is 614. The fourth-order valence-corrected chi connectivity index (χ4v) is 1.85. The van der Waals surface area contributed by atoms with Crippen LogP contribution in [0.2, 0.25) is 0 Å². The number of aromatic nitrogens is 2. The van der Waals surface area contributed by atoms with E-state index in [4.69, 9.17) is 0 Å². The number of hydrogen-bond donors (Lipinski definition) is 2. The van der Waals surface area contributed by atoms with E-state index in [1.807, 2.05) is 24.3 Å². The predicted molar refractivity (Wildman–Crippen MR) is 78.0 cm³/mol. The first-order chi connectivity index (χ1) is 9.88. The molecule has 0 atom stereocenters. The second-order valence-electron chi connectivity index (χ2n) is 4.19. The number of alkyl halides is 3. The van der Waals surface area contributed by atoms with Gasteiger partial charge in [-0.05, 0) is 17.7 Å². The Labute approximate surface area is 127 Å². The number of hydrogen-bond acceptors (Lipinski definition) is 4. The summed E-state index contributed by atoms with van der Waals surface area (Å²) >= 11 is 3.32. The van der Waals surface area contributed by atoms with Crippen LogP contribution in [0, 0.1) is 0 Å². The molecule has 112 valence electrons. The third-order valence-corrected chi connectivity index (χ3v) is 3.15. The lowest BCUT2D eigenvalue weighted by Gasteiger charge is -2.11. The van der Waals surface area contributed by atoms with Crippen LogP contribution in [0.3, 0.4) is 0 Å². The van der Waals surface area contributed by atoms with Crippen molar-refractivity contribution in [3.8, 4) is 0 Å². The summed E-state index contributed by atoms with van der Waals surface area (Å²) in [5, 5.41) is 5.45. The van der Waals surface area contributed by atoms with Crippen LogP contribution in [0.25, 0.3) is 0 Å². The molecule has 2 aromatic rings. The Hall–Kier alpha value is -1.83. The number of halogens is 4. The highest BCUT2D eigenvalue weighted by Gasteiger charge is 2.35. The molecule has 0 unspecified atom stereocenters. The molecule has 2 N–H and O–H groups in total. The largest absolute Gasteiger partial charge is 0.451 e. The van der Waals surface area contributed by atoms with E-state index >= 15 is 0 Å². The van der Waals surface area contributed by atoms with Crippen LogP contribution in [0.4, 0.5) is 24.8 Å². The summed E-state index contributed by atoms with van der Waals surface area (Å²) < 4.78 is 39.1. The van der Waals surface area contributed by atoms with Gasteiger partial charge in [0.1, 0.15) is 11.6 Å². The van der Waals surface area contributed by atoms with Gasteiger partial charge in [-0.1, -0.05) is 28.1 Å². The maximum atomic E-state index is 12.7. The SMILES string of the molecule is CNc1cc(NCc2ccc(Br)cc2)nc(C(F)(F)F)n1. The van der Waals surface area contributed by atoms with Gasteiger partial charge in [-0.15, -0.1) is 0 Å². The molecule has 0 spiro atoms. The zero-order chi connectivity index (χ0) is 15.5. The number of rotatable bonds is 4. The normalized spacial score (nSPS) is 11.3. The van der Waals surface area contributed by atoms with Gasteiger partial charge < -0.3 is 10.6 Å².